The molecule has 3 rings (SSSR count). The maximum Gasteiger partial charge on any atom is 0.257 e. The molecule has 0 radical (unpaired) electrons. The molecule has 1 aliphatic heterocycles. The molecule has 1 aliphatic rings. The molecule has 19 heavy (non-hydrogen) atoms. The predicted molar refractivity (Wildman–Crippen MR) is 75.0 cm³/mol. The van der Waals surface area contributed by atoms with E-state index in [1.54, 1.807) is 18.2 Å². The van der Waals surface area contributed by atoms with E-state index in [0.29, 0.717) is 22.2 Å². The van der Waals surface area contributed by atoms with Gasteiger partial charge in [-0.15, -0.1) is 0 Å². The minimum atomic E-state index is 0.157. The lowest BCUT2D eigenvalue weighted by Gasteiger charge is -2.13. The number of carbonyl (C=O) groups excluding carboxylic acids is 1. The molecule has 0 saturated carbocycles. The Morgan fingerprint density at radius 3 is 3.00 bits per heavy atom. The summed E-state index contributed by atoms with van der Waals surface area (Å²) in [5.41, 5.74) is 7.78. The van der Waals surface area contributed by atoms with Crippen LogP contribution in [0.2, 0.25) is 0 Å². The second kappa shape index (κ2) is 5.13. The first-order chi connectivity index (χ1) is 9.22. The van der Waals surface area contributed by atoms with Gasteiger partial charge in [-0.2, -0.15) is 0 Å². The summed E-state index contributed by atoms with van der Waals surface area (Å²) in [5.74, 6) is 0.534. The molecule has 1 aromatic heterocycles. The van der Waals surface area contributed by atoms with Crippen LogP contribution in [0.15, 0.2) is 27.8 Å². The van der Waals surface area contributed by atoms with Crippen molar-refractivity contribution in [1.82, 2.24) is 9.88 Å². The highest BCUT2D eigenvalue weighted by Crippen LogP contribution is 2.25. The number of hydrogen-bond acceptors (Lipinski definition) is 5. The molecule has 5 nitrogen and oxygen atoms in total. The van der Waals surface area contributed by atoms with Gasteiger partial charge in [-0.3, -0.25) is 4.79 Å². The average molecular weight is 277 g/mol. The van der Waals surface area contributed by atoms with E-state index in [-0.39, 0.29) is 5.91 Å². The second-order valence-corrected chi connectivity index (χ2v) is 5.51. The largest absolute Gasteiger partial charge is 0.431 e. The molecular formula is C13H15N3O2S. The van der Waals surface area contributed by atoms with Gasteiger partial charge in [0.25, 0.3) is 5.22 Å². The molecule has 100 valence electrons. The highest BCUT2D eigenvalue weighted by Gasteiger charge is 2.18. The number of thioether (sulfide) groups is 1. The van der Waals surface area contributed by atoms with E-state index in [1.807, 2.05) is 4.90 Å². The smallest absolute Gasteiger partial charge is 0.257 e. The monoisotopic (exact) mass is 277 g/mol. The molecule has 0 bridgehead atoms. The highest BCUT2D eigenvalue weighted by molar-refractivity contribution is 7.99. The number of nitrogens with two attached hydrogens (primary N) is 1. The van der Waals surface area contributed by atoms with Gasteiger partial charge in [0.1, 0.15) is 5.52 Å². The molecule has 1 aromatic carbocycles. The van der Waals surface area contributed by atoms with Crippen molar-refractivity contribution in [2.75, 3.05) is 24.6 Å². The van der Waals surface area contributed by atoms with Crippen molar-refractivity contribution in [2.45, 2.75) is 18.1 Å². The molecule has 2 N–H and O–H groups in total. The Kier molecular flexibility index (Phi) is 3.33. The summed E-state index contributed by atoms with van der Waals surface area (Å²) in [6, 6.07) is 5.34. The summed E-state index contributed by atoms with van der Waals surface area (Å²) in [6.45, 7) is 1.76. The van der Waals surface area contributed by atoms with Gasteiger partial charge in [0, 0.05) is 18.8 Å². The molecule has 6 heteroatoms. The summed E-state index contributed by atoms with van der Waals surface area (Å²) < 4.78 is 5.56. The SMILES string of the molecule is Nc1ccc2oc(SCC(=O)N3CCCC3)nc2c1. The van der Waals surface area contributed by atoms with Gasteiger partial charge in [0.15, 0.2) is 5.58 Å². The third kappa shape index (κ3) is 2.68. The van der Waals surface area contributed by atoms with Crippen LogP contribution in [0.25, 0.3) is 11.1 Å². The summed E-state index contributed by atoms with van der Waals surface area (Å²) in [4.78, 5) is 18.1. The fraction of sp³-hybridized carbons (Fsp3) is 0.385. The van der Waals surface area contributed by atoms with E-state index in [2.05, 4.69) is 4.98 Å². The number of rotatable bonds is 3. The van der Waals surface area contributed by atoms with E-state index in [0.717, 1.165) is 31.4 Å². The van der Waals surface area contributed by atoms with E-state index >= 15 is 0 Å². The minimum absolute atomic E-state index is 0.157. The van der Waals surface area contributed by atoms with Crippen molar-refractivity contribution in [2.24, 2.45) is 0 Å². The quantitative estimate of drug-likeness (QED) is 0.687. The van der Waals surface area contributed by atoms with E-state index in [1.165, 1.54) is 11.8 Å². The lowest BCUT2D eigenvalue weighted by Crippen LogP contribution is -2.29. The Morgan fingerprint density at radius 1 is 1.42 bits per heavy atom. The summed E-state index contributed by atoms with van der Waals surface area (Å²) in [7, 11) is 0. The molecule has 1 fully saturated rings. The summed E-state index contributed by atoms with van der Waals surface area (Å²) >= 11 is 1.34. The lowest BCUT2D eigenvalue weighted by atomic mass is 10.3. The summed E-state index contributed by atoms with van der Waals surface area (Å²) in [5, 5.41) is 0.521. The normalized spacial score (nSPS) is 15.3. The first-order valence-electron chi connectivity index (χ1n) is 6.29. The van der Waals surface area contributed by atoms with Crippen molar-refractivity contribution >= 4 is 34.5 Å². The van der Waals surface area contributed by atoms with Crippen LogP contribution in [0.3, 0.4) is 0 Å². The molecule has 2 aromatic rings. The van der Waals surface area contributed by atoms with Crippen molar-refractivity contribution in [1.29, 1.82) is 0 Å². The first-order valence-corrected chi connectivity index (χ1v) is 7.27. The van der Waals surface area contributed by atoms with Crippen LogP contribution in [0.1, 0.15) is 12.8 Å². The minimum Gasteiger partial charge on any atom is -0.431 e. The standard InChI is InChI=1S/C13H15N3O2S/c14-9-3-4-11-10(7-9)15-13(18-11)19-8-12(17)16-5-1-2-6-16/h3-4,7H,1-2,5-6,8,14H2. The van der Waals surface area contributed by atoms with Crippen LogP contribution < -0.4 is 5.73 Å². The first kappa shape index (κ1) is 12.3. The number of hydrogen-bond donors (Lipinski definition) is 1. The average Bonchev–Trinajstić information content (AvgIpc) is 3.04. The lowest BCUT2D eigenvalue weighted by molar-refractivity contribution is -0.127. The van der Waals surface area contributed by atoms with Crippen molar-refractivity contribution in [3.8, 4) is 0 Å². The Hall–Kier alpha value is -1.69. The Balaban J connectivity index is 1.66. The number of nitrogens with zero attached hydrogens (tertiary/aromatic N) is 2. The second-order valence-electron chi connectivity index (χ2n) is 4.58. The van der Waals surface area contributed by atoms with Gasteiger partial charge >= 0.3 is 0 Å². The molecule has 1 saturated heterocycles. The van der Waals surface area contributed by atoms with Gasteiger partial charge in [-0.1, -0.05) is 11.8 Å². The molecule has 0 aliphatic carbocycles. The number of benzene rings is 1. The highest BCUT2D eigenvalue weighted by atomic mass is 32.2. The van der Waals surface area contributed by atoms with Gasteiger partial charge in [0.2, 0.25) is 5.91 Å². The number of fused-ring (bicyclic) bond motifs is 1. The number of carbonyl (C=O) groups is 1. The zero-order valence-corrected chi connectivity index (χ0v) is 11.3. The Morgan fingerprint density at radius 2 is 2.21 bits per heavy atom. The van der Waals surface area contributed by atoms with Crippen LogP contribution in [0.5, 0.6) is 0 Å². The molecule has 1 amide bonds. The molecule has 2 heterocycles. The molecule has 0 spiro atoms. The molecule has 0 atom stereocenters. The van der Waals surface area contributed by atoms with E-state index in [4.69, 9.17) is 10.2 Å². The van der Waals surface area contributed by atoms with Crippen LogP contribution in [0, 0.1) is 0 Å². The maximum absolute atomic E-state index is 11.9. The molecule has 0 unspecified atom stereocenters. The zero-order chi connectivity index (χ0) is 13.2. The zero-order valence-electron chi connectivity index (χ0n) is 10.5. The summed E-state index contributed by atoms with van der Waals surface area (Å²) in [6.07, 6.45) is 2.22. The predicted octanol–water partition coefficient (Wildman–Crippen LogP) is 2.12. The van der Waals surface area contributed by atoms with Crippen LogP contribution >= 0.6 is 11.8 Å². The number of oxazole rings is 1. The van der Waals surface area contributed by atoms with Gasteiger partial charge in [0.05, 0.1) is 5.75 Å². The number of anilines is 1. The van der Waals surface area contributed by atoms with Gasteiger partial charge in [-0.25, -0.2) is 4.98 Å². The fourth-order valence-electron chi connectivity index (χ4n) is 2.17. The Labute approximate surface area is 115 Å². The third-order valence-electron chi connectivity index (χ3n) is 3.17. The van der Waals surface area contributed by atoms with E-state index < -0.39 is 0 Å². The number of likely N-dealkylation sites (tertiary alicyclic amines) is 1. The van der Waals surface area contributed by atoms with Gasteiger partial charge in [-0.05, 0) is 31.0 Å². The number of amides is 1. The van der Waals surface area contributed by atoms with Gasteiger partial charge < -0.3 is 15.1 Å². The van der Waals surface area contributed by atoms with Crippen LogP contribution in [0.4, 0.5) is 5.69 Å². The third-order valence-corrected chi connectivity index (χ3v) is 3.98. The number of aromatic nitrogens is 1. The Bertz CT molecular complexity index is 605. The molecular weight excluding hydrogens is 262 g/mol. The van der Waals surface area contributed by atoms with Crippen LogP contribution in [-0.4, -0.2) is 34.6 Å². The van der Waals surface area contributed by atoms with E-state index in [9.17, 15) is 4.79 Å². The van der Waals surface area contributed by atoms with Crippen molar-refractivity contribution in [3.05, 3.63) is 18.2 Å². The van der Waals surface area contributed by atoms with Crippen LogP contribution in [-0.2, 0) is 4.79 Å². The fourth-order valence-corrected chi connectivity index (χ4v) is 2.91. The maximum atomic E-state index is 11.9. The number of nitrogen functional groups attached to an aromatic ring is 1. The van der Waals surface area contributed by atoms with Crippen molar-refractivity contribution < 1.29 is 9.21 Å². The topological polar surface area (TPSA) is 72.4 Å². The van der Waals surface area contributed by atoms with Crippen molar-refractivity contribution in [3.63, 3.8) is 0 Å².